The highest BCUT2D eigenvalue weighted by atomic mass is 16.7. The van der Waals surface area contributed by atoms with Gasteiger partial charge in [-0.05, 0) is 48.8 Å². The molecule has 3 aromatic carbocycles. The number of aromatic hydroxyl groups is 1. The number of aliphatic hydroxyl groups is 9. The number of benzene rings is 3. The van der Waals surface area contributed by atoms with E-state index in [1.165, 1.54) is 32.9 Å². The van der Waals surface area contributed by atoms with Gasteiger partial charge in [0.25, 0.3) is 0 Å². The minimum Gasteiger partial charge on any atom is -0.504 e. The number of hydrogen-bond donors (Lipinski definition) is 14. The van der Waals surface area contributed by atoms with Crippen molar-refractivity contribution in [2.24, 2.45) is 0 Å². The molecule has 15 atom stereocenters. The van der Waals surface area contributed by atoms with Crippen LogP contribution < -0.4 is 35.6 Å². The van der Waals surface area contributed by atoms with Crippen LogP contribution in [0.3, 0.4) is 0 Å². The molecule has 6 rings (SSSR count). The standard InChI is InChI=1S/C15H22BNO7.C15H21NO6.C14H19NO7.CH4/c1-8(19)17-12-14(21)13(20)11(7-18)24-15(12)23-10-5-3-9(4-6-10)16(2)22;1-8-3-5-10(6-4-8)21-15-12(16-9(2)18)14(20)13(19)11(7-17)22-15;1-7(17)15-11-13(20)12(19)10(6-16)22-14(11)21-9-5-3-2-4-8(9)18;/h3-6,11-15,18,20-22H,7H2,1-2H3,(H,17,19);3-6,11-15,17,19-20H,7H2,1-2H3,(H,16,18);2-5,10-14,16,18-20H,6H2,1H3,(H,15,17);1H4/t2*11?,12-,13?,14?,15?;10?,11-,12?,13?,14?;/m000./s1. The lowest BCUT2D eigenvalue weighted by Crippen LogP contribution is -2.65. The number of hydrogen-bond acceptors (Lipinski definition) is 20. The third-order valence-corrected chi connectivity index (χ3v) is 10.7. The molecule has 3 aliphatic rings. The quantitative estimate of drug-likeness (QED) is 0.0739. The second-order valence-electron chi connectivity index (χ2n) is 16.2. The molecule has 0 aromatic heterocycles. The van der Waals surface area contributed by atoms with E-state index in [0.29, 0.717) is 17.0 Å². The summed E-state index contributed by atoms with van der Waals surface area (Å²) >= 11 is 0. The molecule has 0 radical (unpaired) electrons. The lowest BCUT2D eigenvalue weighted by Gasteiger charge is -2.42. The molecular weight excluding hydrogens is 913 g/mol. The van der Waals surface area contributed by atoms with Gasteiger partial charge in [-0.3, -0.25) is 14.4 Å². The number of amides is 3. The Kier molecular flexibility index (Phi) is 23.0. The van der Waals surface area contributed by atoms with Crippen LogP contribution in [0.4, 0.5) is 0 Å². The van der Waals surface area contributed by atoms with Gasteiger partial charge in [0.15, 0.2) is 11.5 Å². The van der Waals surface area contributed by atoms with Crippen LogP contribution in [0.5, 0.6) is 23.0 Å². The molecule has 384 valence electrons. The monoisotopic (exact) mass is 979 g/mol. The van der Waals surface area contributed by atoms with E-state index in [2.05, 4.69) is 16.0 Å². The van der Waals surface area contributed by atoms with Crippen LogP contribution in [0.1, 0.15) is 33.8 Å². The minimum atomic E-state index is -1.40. The SMILES string of the molecule is C.CB(O)c1ccc(OC2OC(CO)C(O)C(O)[C@@H]2NC(C)=O)cc1.CC(=O)N[C@@H]1C(Oc2ccc(C)cc2)OC(CO)C(O)C1O.CC(=O)N[C@@H]1C(Oc2ccccc2O)OC(CO)C(O)C1O. The van der Waals surface area contributed by atoms with Gasteiger partial charge < -0.3 is 100 Å². The van der Waals surface area contributed by atoms with E-state index in [9.17, 15) is 70.5 Å². The second-order valence-corrected chi connectivity index (χ2v) is 16.2. The summed E-state index contributed by atoms with van der Waals surface area (Å²) in [6.07, 6.45) is -14.5. The summed E-state index contributed by atoms with van der Waals surface area (Å²) in [6, 6.07) is 16.8. The Bertz CT molecular complexity index is 2040. The summed E-state index contributed by atoms with van der Waals surface area (Å²) in [7, 11) is 0. The number of para-hydroxylation sites is 2. The van der Waals surface area contributed by atoms with Crippen molar-refractivity contribution in [3.05, 3.63) is 78.4 Å². The molecule has 3 amide bonds. The molecule has 0 aliphatic carbocycles. The van der Waals surface area contributed by atoms with Crippen molar-refractivity contribution in [2.45, 2.75) is 134 Å². The number of nitrogens with one attached hydrogen (secondary N) is 3. The summed E-state index contributed by atoms with van der Waals surface area (Å²) < 4.78 is 33.1. The fourth-order valence-electron chi connectivity index (χ4n) is 7.10. The van der Waals surface area contributed by atoms with Gasteiger partial charge in [0.2, 0.25) is 36.6 Å². The minimum absolute atomic E-state index is 0. The number of ether oxygens (including phenoxy) is 6. The Labute approximate surface area is 399 Å². The Morgan fingerprint density at radius 1 is 0.551 bits per heavy atom. The predicted octanol–water partition coefficient (Wildman–Crippen LogP) is -3.50. The fourth-order valence-corrected chi connectivity index (χ4v) is 7.10. The molecule has 24 heteroatoms. The normalized spacial score (nSPS) is 30.5. The van der Waals surface area contributed by atoms with Crippen molar-refractivity contribution < 1.29 is 98.9 Å². The highest BCUT2D eigenvalue weighted by Crippen LogP contribution is 2.30. The van der Waals surface area contributed by atoms with Crippen molar-refractivity contribution in [3.63, 3.8) is 0 Å². The zero-order valence-corrected chi connectivity index (χ0v) is 37.9. The van der Waals surface area contributed by atoms with E-state index >= 15 is 0 Å². The first-order chi connectivity index (χ1) is 32.2. The highest BCUT2D eigenvalue weighted by Gasteiger charge is 2.48. The van der Waals surface area contributed by atoms with Gasteiger partial charge in [-0.2, -0.15) is 0 Å². The average molecular weight is 980 g/mol. The second kappa shape index (κ2) is 27.3. The molecule has 12 unspecified atom stereocenters. The molecule has 69 heavy (non-hydrogen) atoms. The van der Waals surface area contributed by atoms with E-state index in [4.69, 9.17) is 28.4 Å². The first-order valence-corrected chi connectivity index (χ1v) is 21.5. The molecule has 0 bridgehead atoms. The number of phenolic OH excluding ortho intramolecular Hbond substituents is 1. The Morgan fingerprint density at radius 2 is 0.884 bits per heavy atom. The van der Waals surface area contributed by atoms with Crippen molar-refractivity contribution in [1.82, 2.24) is 16.0 Å². The molecule has 3 aliphatic heterocycles. The number of aryl methyl sites for hydroxylation is 1. The summed E-state index contributed by atoms with van der Waals surface area (Å²) in [5.74, 6) is -0.438. The molecule has 3 saturated heterocycles. The van der Waals surface area contributed by atoms with Gasteiger partial charge in [-0.25, -0.2) is 0 Å². The Balaban J connectivity index is 0.000000272. The molecule has 14 N–H and O–H groups in total. The van der Waals surface area contributed by atoms with Crippen molar-refractivity contribution in [2.75, 3.05) is 19.8 Å². The lowest BCUT2D eigenvalue weighted by molar-refractivity contribution is -0.244. The molecular formula is C45H66BN3O20. The van der Waals surface area contributed by atoms with E-state index in [1.807, 2.05) is 19.1 Å². The van der Waals surface area contributed by atoms with Gasteiger partial charge in [0.05, 0.1) is 19.8 Å². The Hall–Kier alpha value is -5.19. The van der Waals surface area contributed by atoms with E-state index in [-0.39, 0.29) is 24.8 Å². The summed E-state index contributed by atoms with van der Waals surface area (Å²) in [6.45, 7) is 5.24. The molecule has 3 fully saturated rings. The summed E-state index contributed by atoms with van der Waals surface area (Å²) in [5.41, 5.74) is 1.76. The van der Waals surface area contributed by atoms with Crippen molar-refractivity contribution in [3.8, 4) is 23.0 Å². The predicted molar refractivity (Wildman–Crippen MR) is 244 cm³/mol. The number of carbonyl (C=O) groups excluding carboxylic acids is 3. The molecule has 3 heterocycles. The summed E-state index contributed by atoms with van der Waals surface area (Å²) in [4.78, 5) is 33.9. The number of carbonyl (C=O) groups is 3. The largest absolute Gasteiger partial charge is 0.504 e. The van der Waals surface area contributed by atoms with E-state index in [1.54, 1.807) is 55.4 Å². The number of aliphatic hydroxyl groups excluding tert-OH is 9. The molecule has 0 saturated carbocycles. The van der Waals surface area contributed by atoms with Crippen LogP contribution in [0.25, 0.3) is 0 Å². The van der Waals surface area contributed by atoms with Crippen LogP contribution in [0, 0.1) is 6.92 Å². The van der Waals surface area contributed by atoms with Gasteiger partial charge >= 0.3 is 6.92 Å². The maximum absolute atomic E-state index is 11.3. The van der Waals surface area contributed by atoms with Crippen LogP contribution in [0.15, 0.2) is 72.8 Å². The van der Waals surface area contributed by atoms with Crippen molar-refractivity contribution in [1.29, 1.82) is 0 Å². The van der Waals surface area contributed by atoms with Gasteiger partial charge in [-0.15, -0.1) is 0 Å². The average Bonchev–Trinajstić information content (AvgIpc) is 3.30. The topological polar surface area (TPSA) is 365 Å². The van der Waals surface area contributed by atoms with Crippen LogP contribution in [-0.2, 0) is 28.6 Å². The van der Waals surface area contributed by atoms with Crippen molar-refractivity contribution >= 4 is 30.1 Å². The van der Waals surface area contributed by atoms with Gasteiger partial charge in [-0.1, -0.05) is 56.2 Å². The van der Waals surface area contributed by atoms with E-state index in [0.717, 1.165) is 5.56 Å². The first kappa shape index (κ1) is 58.1. The molecule has 23 nitrogen and oxygen atoms in total. The fraction of sp³-hybridized carbons (Fsp3) is 0.533. The first-order valence-electron chi connectivity index (χ1n) is 21.5. The third kappa shape index (κ3) is 16.2. The molecule has 0 spiro atoms. The van der Waals surface area contributed by atoms with Gasteiger partial charge in [0, 0.05) is 20.8 Å². The third-order valence-electron chi connectivity index (χ3n) is 10.7. The van der Waals surface area contributed by atoms with E-state index < -0.39 is 130 Å². The lowest BCUT2D eigenvalue weighted by atomic mass is 9.64. The van der Waals surface area contributed by atoms with Crippen LogP contribution in [-0.4, -0.2) is 192 Å². The maximum Gasteiger partial charge on any atom is 0.320 e. The number of phenols is 1. The zero-order chi connectivity index (χ0) is 50.4. The van der Waals surface area contributed by atoms with Crippen LogP contribution in [0.2, 0.25) is 6.82 Å². The smallest absolute Gasteiger partial charge is 0.320 e. The van der Waals surface area contributed by atoms with Crippen LogP contribution >= 0.6 is 0 Å². The number of rotatable bonds is 13. The maximum atomic E-state index is 11.3. The Morgan fingerprint density at radius 3 is 1.20 bits per heavy atom. The molecule has 3 aromatic rings. The van der Waals surface area contributed by atoms with Gasteiger partial charge in [0.1, 0.15) is 84.6 Å². The summed E-state index contributed by atoms with van der Waals surface area (Å²) in [5, 5.41) is 114. The zero-order valence-electron chi connectivity index (χ0n) is 37.9. The highest BCUT2D eigenvalue weighted by molar-refractivity contribution is 6.64.